The second kappa shape index (κ2) is 6.66. The molecule has 1 heterocycles. The van der Waals surface area contributed by atoms with Gasteiger partial charge in [-0.3, -0.25) is 9.36 Å². The summed E-state index contributed by atoms with van der Waals surface area (Å²) in [6, 6.07) is 11.2. The maximum atomic E-state index is 12.5. The number of rotatable bonds is 4. The molecule has 0 unspecified atom stereocenters. The minimum absolute atomic E-state index is 0.0270. The Morgan fingerprint density at radius 1 is 1.12 bits per heavy atom. The quantitative estimate of drug-likeness (QED) is 0.641. The number of hydrogen-bond acceptors (Lipinski definition) is 4. The third kappa shape index (κ3) is 3.53. The molecule has 0 fully saturated rings. The normalized spacial score (nSPS) is 11.8. The van der Waals surface area contributed by atoms with Gasteiger partial charge in [-0.25, -0.2) is 13.4 Å². The molecule has 0 atom stereocenters. The number of benzene rings is 2. The highest BCUT2D eigenvalue weighted by atomic mass is 79.9. The van der Waals surface area contributed by atoms with Crippen molar-refractivity contribution < 1.29 is 8.42 Å². The van der Waals surface area contributed by atoms with E-state index in [-0.39, 0.29) is 22.8 Å². The van der Waals surface area contributed by atoms with Gasteiger partial charge in [-0.2, -0.15) is 0 Å². The van der Waals surface area contributed by atoms with E-state index in [0.717, 1.165) is 4.47 Å². The van der Waals surface area contributed by atoms with Crippen molar-refractivity contribution in [3.05, 3.63) is 68.6 Å². The first-order valence-electron chi connectivity index (χ1n) is 7.00. The molecule has 0 radical (unpaired) electrons. The largest absolute Gasteiger partial charge is 0.298 e. The van der Waals surface area contributed by atoms with E-state index in [4.69, 9.17) is 11.6 Å². The monoisotopic (exact) mass is 426 g/mol. The lowest BCUT2D eigenvalue weighted by Crippen LogP contribution is -2.24. The minimum Gasteiger partial charge on any atom is -0.298 e. The Bertz CT molecular complexity index is 1060. The molecule has 0 aliphatic heterocycles. The summed E-state index contributed by atoms with van der Waals surface area (Å²) in [4.78, 5) is 16.8. The highest BCUT2D eigenvalue weighted by Gasteiger charge is 2.15. The lowest BCUT2D eigenvalue weighted by molar-refractivity contribution is 0.586. The average Bonchev–Trinajstić information content (AvgIpc) is 2.55. The van der Waals surface area contributed by atoms with E-state index in [0.29, 0.717) is 15.9 Å². The Morgan fingerprint density at radius 3 is 2.54 bits per heavy atom. The van der Waals surface area contributed by atoms with Gasteiger partial charge in [0.15, 0.2) is 9.84 Å². The van der Waals surface area contributed by atoms with Crippen LogP contribution in [0.15, 0.2) is 63.0 Å². The number of aryl methyl sites for hydroxylation is 1. The van der Waals surface area contributed by atoms with Crippen LogP contribution in [0.1, 0.15) is 0 Å². The van der Waals surface area contributed by atoms with Gasteiger partial charge in [0.2, 0.25) is 0 Å². The van der Waals surface area contributed by atoms with Crippen LogP contribution in [-0.4, -0.2) is 23.7 Å². The molecule has 0 N–H and O–H groups in total. The molecule has 124 valence electrons. The van der Waals surface area contributed by atoms with Crippen molar-refractivity contribution in [1.82, 2.24) is 9.55 Å². The summed E-state index contributed by atoms with van der Waals surface area (Å²) in [5.74, 6) is -0.199. The highest BCUT2D eigenvalue weighted by Crippen LogP contribution is 2.17. The topological polar surface area (TPSA) is 69.0 Å². The van der Waals surface area contributed by atoms with Crippen LogP contribution >= 0.6 is 27.5 Å². The second-order valence-corrected chi connectivity index (χ2v) is 8.64. The molecule has 1 aromatic heterocycles. The standard InChI is InChI=1S/C16H12BrClN2O3S/c17-11-1-6-15-14(9-11)16(21)20(10-19-15)7-8-24(22,23)13-4-2-12(18)3-5-13/h1-6,9-10H,7-8H2. The second-order valence-electron chi connectivity index (χ2n) is 5.18. The summed E-state index contributed by atoms with van der Waals surface area (Å²) in [6.45, 7) is 0.0270. The maximum absolute atomic E-state index is 12.5. The number of nitrogens with zero attached hydrogens (tertiary/aromatic N) is 2. The van der Waals surface area contributed by atoms with E-state index >= 15 is 0 Å². The number of hydrogen-bond donors (Lipinski definition) is 0. The molecule has 2 aromatic carbocycles. The summed E-state index contributed by atoms with van der Waals surface area (Å²) in [6.07, 6.45) is 1.37. The van der Waals surface area contributed by atoms with Crippen molar-refractivity contribution in [2.24, 2.45) is 0 Å². The zero-order valence-corrected chi connectivity index (χ0v) is 15.5. The lowest BCUT2D eigenvalue weighted by Gasteiger charge is -2.08. The predicted octanol–water partition coefficient (Wildman–Crippen LogP) is 3.29. The first-order valence-corrected chi connectivity index (χ1v) is 9.82. The molecular weight excluding hydrogens is 416 g/mol. The van der Waals surface area contributed by atoms with Gasteiger partial charge >= 0.3 is 0 Å². The molecule has 0 saturated carbocycles. The van der Waals surface area contributed by atoms with E-state index in [1.54, 1.807) is 18.2 Å². The molecular formula is C16H12BrClN2O3S. The molecule has 0 amide bonds. The molecule has 0 spiro atoms. The molecule has 0 bridgehead atoms. The Hall–Kier alpha value is -1.70. The summed E-state index contributed by atoms with van der Waals surface area (Å²) in [7, 11) is -3.51. The van der Waals surface area contributed by atoms with Gasteiger partial charge in [0, 0.05) is 16.0 Å². The van der Waals surface area contributed by atoms with Crippen molar-refractivity contribution in [2.45, 2.75) is 11.4 Å². The molecule has 3 rings (SSSR count). The SMILES string of the molecule is O=c1c2cc(Br)ccc2ncn1CCS(=O)(=O)c1ccc(Cl)cc1. The van der Waals surface area contributed by atoms with Crippen LogP contribution in [0.25, 0.3) is 10.9 Å². The summed E-state index contributed by atoms with van der Waals surface area (Å²) in [5, 5.41) is 0.908. The van der Waals surface area contributed by atoms with Gasteiger partial charge in [0.1, 0.15) is 0 Å². The van der Waals surface area contributed by atoms with E-state index in [1.807, 2.05) is 0 Å². The third-order valence-electron chi connectivity index (χ3n) is 3.56. The Balaban J connectivity index is 1.89. The number of fused-ring (bicyclic) bond motifs is 1. The molecule has 0 aliphatic rings. The number of sulfone groups is 1. The van der Waals surface area contributed by atoms with Crippen molar-refractivity contribution >= 4 is 48.3 Å². The summed E-state index contributed by atoms with van der Waals surface area (Å²) in [5.41, 5.74) is 0.299. The van der Waals surface area contributed by atoms with Crippen molar-refractivity contribution in [1.29, 1.82) is 0 Å². The Kier molecular flexibility index (Phi) is 4.76. The molecule has 8 heteroatoms. The summed E-state index contributed by atoms with van der Waals surface area (Å²) < 4.78 is 26.8. The van der Waals surface area contributed by atoms with Crippen molar-refractivity contribution in [2.75, 3.05) is 5.75 Å². The molecule has 0 aliphatic carbocycles. The smallest absolute Gasteiger partial charge is 0.261 e. The fraction of sp³-hybridized carbons (Fsp3) is 0.125. The van der Waals surface area contributed by atoms with Crippen LogP contribution in [0.3, 0.4) is 0 Å². The third-order valence-corrected chi connectivity index (χ3v) is 6.02. The maximum Gasteiger partial charge on any atom is 0.261 e. The zero-order chi connectivity index (χ0) is 17.3. The fourth-order valence-electron chi connectivity index (χ4n) is 2.27. The van der Waals surface area contributed by atoms with Gasteiger partial charge < -0.3 is 0 Å². The molecule has 5 nitrogen and oxygen atoms in total. The molecule has 24 heavy (non-hydrogen) atoms. The van der Waals surface area contributed by atoms with Crippen LogP contribution in [0.4, 0.5) is 0 Å². The van der Waals surface area contributed by atoms with Crippen LogP contribution in [0, 0.1) is 0 Å². The van der Waals surface area contributed by atoms with Gasteiger partial charge in [0.05, 0.1) is 27.9 Å². The first-order chi connectivity index (χ1) is 11.4. The minimum atomic E-state index is -3.51. The highest BCUT2D eigenvalue weighted by molar-refractivity contribution is 9.10. The van der Waals surface area contributed by atoms with E-state index in [2.05, 4.69) is 20.9 Å². The molecule has 3 aromatic rings. The summed E-state index contributed by atoms with van der Waals surface area (Å²) >= 11 is 9.09. The fourth-order valence-corrected chi connectivity index (χ4v) is 3.98. The predicted molar refractivity (Wildman–Crippen MR) is 97.2 cm³/mol. The van der Waals surface area contributed by atoms with Crippen molar-refractivity contribution in [3.8, 4) is 0 Å². The van der Waals surface area contributed by atoms with E-state index in [1.165, 1.54) is 35.2 Å². The van der Waals surface area contributed by atoms with Crippen LogP contribution in [0.2, 0.25) is 5.02 Å². The van der Waals surface area contributed by atoms with E-state index in [9.17, 15) is 13.2 Å². The zero-order valence-electron chi connectivity index (χ0n) is 12.3. The van der Waals surface area contributed by atoms with Gasteiger partial charge in [-0.05, 0) is 42.5 Å². The average molecular weight is 428 g/mol. The van der Waals surface area contributed by atoms with Gasteiger partial charge in [0.25, 0.3) is 5.56 Å². The van der Waals surface area contributed by atoms with Gasteiger partial charge in [-0.15, -0.1) is 0 Å². The number of aromatic nitrogens is 2. The van der Waals surface area contributed by atoms with E-state index < -0.39 is 9.84 Å². The van der Waals surface area contributed by atoms with Crippen LogP contribution < -0.4 is 5.56 Å². The van der Waals surface area contributed by atoms with Gasteiger partial charge in [-0.1, -0.05) is 27.5 Å². The Morgan fingerprint density at radius 2 is 1.83 bits per heavy atom. The molecule has 0 saturated heterocycles. The van der Waals surface area contributed by atoms with Crippen LogP contribution in [-0.2, 0) is 16.4 Å². The van der Waals surface area contributed by atoms with Crippen molar-refractivity contribution in [3.63, 3.8) is 0 Å². The lowest BCUT2D eigenvalue weighted by atomic mass is 10.2. The first kappa shape index (κ1) is 17.1. The number of halogens is 2. The van der Waals surface area contributed by atoms with Crippen LogP contribution in [0.5, 0.6) is 0 Å². The Labute approximate surface area is 152 Å².